The van der Waals surface area contributed by atoms with Gasteiger partial charge < -0.3 is 15.2 Å². The van der Waals surface area contributed by atoms with Gasteiger partial charge in [-0.2, -0.15) is 0 Å². The van der Waals surface area contributed by atoms with Crippen molar-refractivity contribution in [2.45, 2.75) is 6.54 Å². The van der Waals surface area contributed by atoms with Gasteiger partial charge in [-0.3, -0.25) is 9.69 Å². The van der Waals surface area contributed by atoms with Crippen LogP contribution in [0.1, 0.15) is 5.56 Å². The van der Waals surface area contributed by atoms with Gasteiger partial charge in [0.2, 0.25) is 5.91 Å². The van der Waals surface area contributed by atoms with Gasteiger partial charge in [-0.15, -0.1) is 0 Å². The number of nitrogens with zero attached hydrogens (tertiary/aromatic N) is 1. The number of hydrogen-bond acceptors (Lipinski definition) is 4. The van der Waals surface area contributed by atoms with Gasteiger partial charge in [0.05, 0.1) is 13.2 Å². The number of likely N-dealkylation sites (N-methyl/N-ethyl adjacent to an activating group) is 1. The summed E-state index contributed by atoms with van der Waals surface area (Å²) in [7, 11) is 3.45. The van der Waals surface area contributed by atoms with Gasteiger partial charge in [-0.25, -0.2) is 0 Å². The van der Waals surface area contributed by atoms with Crippen molar-refractivity contribution in [3.05, 3.63) is 28.2 Å². The first-order chi connectivity index (χ1) is 9.02. The Morgan fingerprint density at radius 3 is 2.95 bits per heavy atom. The summed E-state index contributed by atoms with van der Waals surface area (Å²) in [6.45, 7) is 1.89. The van der Waals surface area contributed by atoms with Crippen LogP contribution in [-0.2, 0) is 16.1 Å². The lowest BCUT2D eigenvalue weighted by molar-refractivity contribution is -0.122. The molecule has 0 atom stereocenters. The van der Waals surface area contributed by atoms with E-state index in [1.54, 1.807) is 25.3 Å². The van der Waals surface area contributed by atoms with Crippen molar-refractivity contribution < 1.29 is 14.6 Å². The fraction of sp³-hybridized carbons (Fsp3) is 0.462. The zero-order valence-electron chi connectivity index (χ0n) is 11.1. The number of carbonyl (C=O) groups is 1. The minimum atomic E-state index is -0.0455. The van der Waals surface area contributed by atoms with E-state index in [-0.39, 0.29) is 11.7 Å². The summed E-state index contributed by atoms with van der Waals surface area (Å²) < 4.78 is 5.77. The summed E-state index contributed by atoms with van der Waals surface area (Å²) >= 11 is 3.42. The Balaban J connectivity index is 2.44. The monoisotopic (exact) mass is 330 g/mol. The van der Waals surface area contributed by atoms with Gasteiger partial charge in [0, 0.05) is 24.7 Å². The molecule has 0 unspecified atom stereocenters. The lowest BCUT2D eigenvalue weighted by atomic mass is 10.2. The molecule has 0 saturated carbocycles. The van der Waals surface area contributed by atoms with Crippen LogP contribution in [0, 0.1) is 0 Å². The molecule has 106 valence electrons. The third kappa shape index (κ3) is 6.04. The van der Waals surface area contributed by atoms with Crippen LogP contribution in [0.4, 0.5) is 0 Å². The van der Waals surface area contributed by atoms with E-state index < -0.39 is 0 Å². The fourth-order valence-electron chi connectivity index (χ4n) is 1.62. The van der Waals surface area contributed by atoms with Crippen molar-refractivity contribution in [1.29, 1.82) is 0 Å². The minimum absolute atomic E-state index is 0.0455. The molecule has 0 heterocycles. The van der Waals surface area contributed by atoms with E-state index in [9.17, 15) is 9.90 Å². The fourth-order valence-corrected chi connectivity index (χ4v) is 1.99. The molecule has 1 rings (SSSR count). The summed E-state index contributed by atoms with van der Waals surface area (Å²) in [5, 5.41) is 12.2. The molecule has 6 heteroatoms. The number of rotatable bonds is 7. The van der Waals surface area contributed by atoms with E-state index in [1.807, 2.05) is 11.9 Å². The van der Waals surface area contributed by atoms with E-state index in [1.165, 1.54) is 0 Å². The first kappa shape index (κ1) is 15.9. The van der Waals surface area contributed by atoms with Crippen LogP contribution in [0.25, 0.3) is 0 Å². The molecule has 2 N–H and O–H groups in total. The highest BCUT2D eigenvalue weighted by Crippen LogP contribution is 2.22. The highest BCUT2D eigenvalue weighted by molar-refractivity contribution is 9.10. The smallest absolute Gasteiger partial charge is 0.234 e. The number of carbonyl (C=O) groups excluding carboxylic acids is 1. The SMILES string of the molecule is COCCNC(=O)CN(C)Cc1cc(O)ccc1Br. The lowest BCUT2D eigenvalue weighted by Crippen LogP contribution is -2.36. The Bertz CT molecular complexity index is 426. The maximum Gasteiger partial charge on any atom is 0.234 e. The van der Waals surface area contributed by atoms with Crippen LogP contribution >= 0.6 is 15.9 Å². The normalized spacial score (nSPS) is 10.7. The predicted molar refractivity (Wildman–Crippen MR) is 77.0 cm³/mol. The van der Waals surface area contributed by atoms with E-state index >= 15 is 0 Å². The lowest BCUT2D eigenvalue weighted by Gasteiger charge is -2.17. The number of methoxy groups -OCH3 is 1. The Labute approximate surface area is 121 Å². The maximum atomic E-state index is 11.6. The number of hydrogen-bond donors (Lipinski definition) is 2. The van der Waals surface area contributed by atoms with Gasteiger partial charge in [-0.1, -0.05) is 15.9 Å². The predicted octanol–water partition coefficient (Wildman–Crippen LogP) is 1.35. The molecule has 1 aromatic carbocycles. The molecule has 0 fully saturated rings. The van der Waals surface area contributed by atoms with Gasteiger partial charge in [0.15, 0.2) is 0 Å². The second-order valence-corrected chi connectivity index (χ2v) is 5.15. The summed E-state index contributed by atoms with van der Waals surface area (Å²) in [6, 6.07) is 5.09. The van der Waals surface area contributed by atoms with Crippen molar-refractivity contribution in [3.63, 3.8) is 0 Å². The molecule has 5 nitrogen and oxygen atoms in total. The third-order valence-electron chi connectivity index (χ3n) is 2.51. The Hall–Kier alpha value is -1.11. The second-order valence-electron chi connectivity index (χ2n) is 4.29. The largest absolute Gasteiger partial charge is 0.508 e. The Kier molecular flexibility index (Phi) is 6.83. The molecular formula is C13H19BrN2O3. The van der Waals surface area contributed by atoms with Crippen molar-refractivity contribution in [1.82, 2.24) is 10.2 Å². The number of ether oxygens (including phenoxy) is 1. The van der Waals surface area contributed by atoms with E-state index in [0.717, 1.165) is 10.0 Å². The molecular weight excluding hydrogens is 312 g/mol. The van der Waals surface area contributed by atoms with Gasteiger partial charge in [0.25, 0.3) is 0 Å². The van der Waals surface area contributed by atoms with Crippen LogP contribution < -0.4 is 5.32 Å². The summed E-state index contributed by atoms with van der Waals surface area (Å²) in [5.74, 6) is 0.173. The molecule has 19 heavy (non-hydrogen) atoms. The molecule has 0 aliphatic heterocycles. The summed E-state index contributed by atoms with van der Waals surface area (Å²) in [6.07, 6.45) is 0. The average Bonchev–Trinajstić information content (AvgIpc) is 2.34. The maximum absolute atomic E-state index is 11.6. The Morgan fingerprint density at radius 1 is 1.53 bits per heavy atom. The van der Waals surface area contributed by atoms with Crippen LogP contribution in [0.5, 0.6) is 5.75 Å². The van der Waals surface area contributed by atoms with Crippen LogP contribution in [0.2, 0.25) is 0 Å². The zero-order valence-corrected chi connectivity index (χ0v) is 12.7. The Morgan fingerprint density at radius 2 is 2.26 bits per heavy atom. The first-order valence-corrected chi connectivity index (χ1v) is 6.73. The van der Waals surface area contributed by atoms with Crippen molar-refractivity contribution in [3.8, 4) is 5.75 Å². The molecule has 0 radical (unpaired) electrons. The number of aromatic hydroxyl groups is 1. The van der Waals surface area contributed by atoms with Crippen molar-refractivity contribution in [2.24, 2.45) is 0 Å². The number of nitrogens with one attached hydrogen (secondary N) is 1. The number of benzene rings is 1. The van der Waals surface area contributed by atoms with Gasteiger partial charge in [-0.05, 0) is 30.8 Å². The number of phenolic OH excluding ortho intramolecular Hbond substituents is 1. The number of phenols is 1. The van der Waals surface area contributed by atoms with Crippen LogP contribution in [0.15, 0.2) is 22.7 Å². The van der Waals surface area contributed by atoms with E-state index in [4.69, 9.17) is 4.74 Å². The van der Waals surface area contributed by atoms with Crippen LogP contribution in [0.3, 0.4) is 0 Å². The molecule has 0 bridgehead atoms. The van der Waals surface area contributed by atoms with Crippen LogP contribution in [-0.4, -0.2) is 49.8 Å². The summed E-state index contributed by atoms with van der Waals surface area (Å²) in [5.41, 5.74) is 0.937. The molecule has 1 amide bonds. The molecule has 1 aromatic rings. The molecule has 0 aromatic heterocycles. The van der Waals surface area contributed by atoms with Gasteiger partial charge >= 0.3 is 0 Å². The van der Waals surface area contributed by atoms with Gasteiger partial charge in [0.1, 0.15) is 5.75 Å². The van der Waals surface area contributed by atoms with E-state index in [0.29, 0.717) is 26.2 Å². The highest BCUT2D eigenvalue weighted by atomic mass is 79.9. The average molecular weight is 331 g/mol. The first-order valence-electron chi connectivity index (χ1n) is 5.94. The van der Waals surface area contributed by atoms with Crippen molar-refractivity contribution in [2.75, 3.05) is 33.9 Å². The number of amides is 1. The minimum Gasteiger partial charge on any atom is -0.508 e. The molecule has 0 aliphatic rings. The van der Waals surface area contributed by atoms with Crippen molar-refractivity contribution >= 4 is 21.8 Å². The zero-order chi connectivity index (χ0) is 14.3. The highest BCUT2D eigenvalue weighted by Gasteiger charge is 2.09. The quantitative estimate of drug-likeness (QED) is 0.741. The topological polar surface area (TPSA) is 61.8 Å². The molecule has 0 aliphatic carbocycles. The number of halogens is 1. The second kappa shape index (κ2) is 8.14. The summed E-state index contributed by atoms with van der Waals surface area (Å²) in [4.78, 5) is 13.5. The standard InChI is InChI=1S/C13H19BrN2O3/c1-16(9-13(18)15-5-6-19-2)8-10-7-11(17)3-4-12(10)14/h3-4,7,17H,5-6,8-9H2,1-2H3,(H,15,18). The molecule has 0 spiro atoms. The third-order valence-corrected chi connectivity index (χ3v) is 3.29. The molecule has 0 saturated heterocycles. The van der Waals surface area contributed by atoms with E-state index in [2.05, 4.69) is 21.2 Å².